The number of sulfonamides is 1. The minimum atomic E-state index is -3.80. The molecule has 0 atom stereocenters. The minimum absolute atomic E-state index is 0.0178. The number of hydrogen-bond acceptors (Lipinski definition) is 4. The molecule has 0 bridgehead atoms. The summed E-state index contributed by atoms with van der Waals surface area (Å²) in [6, 6.07) is 11.1. The van der Waals surface area contributed by atoms with Crippen molar-refractivity contribution in [3.63, 3.8) is 0 Å². The summed E-state index contributed by atoms with van der Waals surface area (Å²) in [6.07, 6.45) is 1.39. The molecule has 2 aromatic carbocycles. The van der Waals surface area contributed by atoms with Crippen LogP contribution in [0.25, 0.3) is 0 Å². The van der Waals surface area contributed by atoms with Gasteiger partial charge in [-0.25, -0.2) is 4.83 Å². The van der Waals surface area contributed by atoms with Crippen molar-refractivity contribution in [2.45, 2.75) is 11.8 Å². The summed E-state index contributed by atoms with van der Waals surface area (Å²) in [6.45, 7) is 2.48. The first-order chi connectivity index (χ1) is 10.9. The summed E-state index contributed by atoms with van der Waals surface area (Å²) in [5.41, 5.74) is 0.727. The third-order valence-electron chi connectivity index (χ3n) is 2.78. The molecule has 0 aliphatic rings. The molecule has 1 N–H and O–H groups in total. The van der Waals surface area contributed by atoms with E-state index in [2.05, 4.69) is 9.93 Å². The summed E-state index contributed by atoms with van der Waals surface area (Å²) in [5.74, 6) is 0.737. The van der Waals surface area contributed by atoms with Crippen molar-refractivity contribution in [1.82, 2.24) is 4.83 Å². The quantitative estimate of drug-likeness (QED) is 0.620. The van der Waals surface area contributed by atoms with E-state index in [1.165, 1.54) is 24.4 Å². The largest absolute Gasteiger partial charge is 0.494 e. The maximum atomic E-state index is 12.1. The Morgan fingerprint density at radius 1 is 1.13 bits per heavy atom. The van der Waals surface area contributed by atoms with Crippen LogP contribution in [0.4, 0.5) is 0 Å². The van der Waals surface area contributed by atoms with E-state index in [0.717, 1.165) is 11.3 Å². The Morgan fingerprint density at radius 3 is 2.43 bits per heavy atom. The first kappa shape index (κ1) is 17.6. The maximum absolute atomic E-state index is 12.1. The second-order valence-electron chi connectivity index (χ2n) is 4.43. The van der Waals surface area contributed by atoms with Gasteiger partial charge in [0.1, 0.15) is 5.75 Å². The third kappa shape index (κ3) is 4.86. The van der Waals surface area contributed by atoms with Crippen molar-refractivity contribution in [2.75, 3.05) is 6.61 Å². The van der Waals surface area contributed by atoms with Gasteiger partial charge in [-0.15, -0.1) is 0 Å². The van der Waals surface area contributed by atoms with Crippen LogP contribution in [-0.4, -0.2) is 21.2 Å². The fourth-order valence-electron chi connectivity index (χ4n) is 1.68. The van der Waals surface area contributed by atoms with E-state index in [4.69, 9.17) is 27.9 Å². The van der Waals surface area contributed by atoms with Crippen LogP contribution in [-0.2, 0) is 10.0 Å². The SMILES string of the molecule is CCOc1ccc(/C=N/NS(=O)(=O)c2ccc(Cl)c(Cl)c2)cc1. The van der Waals surface area contributed by atoms with Gasteiger partial charge < -0.3 is 4.74 Å². The predicted molar refractivity (Wildman–Crippen MR) is 92.0 cm³/mol. The van der Waals surface area contributed by atoms with Gasteiger partial charge in [-0.1, -0.05) is 23.2 Å². The number of halogens is 2. The molecule has 0 saturated carbocycles. The Balaban J connectivity index is 2.07. The topological polar surface area (TPSA) is 67.8 Å². The van der Waals surface area contributed by atoms with Gasteiger partial charge in [0.25, 0.3) is 10.0 Å². The van der Waals surface area contributed by atoms with E-state index in [1.54, 1.807) is 24.3 Å². The van der Waals surface area contributed by atoms with E-state index in [-0.39, 0.29) is 14.9 Å². The molecule has 0 radical (unpaired) electrons. The van der Waals surface area contributed by atoms with Crippen LogP contribution < -0.4 is 9.57 Å². The van der Waals surface area contributed by atoms with Crippen molar-refractivity contribution >= 4 is 39.4 Å². The maximum Gasteiger partial charge on any atom is 0.276 e. The molecule has 0 unspecified atom stereocenters. The van der Waals surface area contributed by atoms with Crippen LogP contribution in [0.15, 0.2) is 52.5 Å². The highest BCUT2D eigenvalue weighted by Crippen LogP contribution is 2.24. The number of hydrogen-bond donors (Lipinski definition) is 1. The molecule has 0 heterocycles. The first-order valence-electron chi connectivity index (χ1n) is 6.65. The molecule has 0 spiro atoms. The van der Waals surface area contributed by atoms with E-state index >= 15 is 0 Å². The van der Waals surface area contributed by atoms with Crippen LogP contribution in [0, 0.1) is 0 Å². The minimum Gasteiger partial charge on any atom is -0.494 e. The standard InChI is InChI=1S/C15H14Cl2N2O3S/c1-2-22-12-5-3-11(4-6-12)10-18-19-23(20,21)13-7-8-14(16)15(17)9-13/h3-10,19H,2H2,1H3/b18-10+. The molecule has 2 rings (SSSR count). The van der Waals surface area contributed by atoms with Gasteiger partial charge >= 0.3 is 0 Å². The van der Waals surface area contributed by atoms with Crippen molar-refractivity contribution in [3.05, 3.63) is 58.1 Å². The van der Waals surface area contributed by atoms with Crippen LogP contribution in [0.1, 0.15) is 12.5 Å². The fraction of sp³-hybridized carbons (Fsp3) is 0.133. The Labute approximate surface area is 144 Å². The lowest BCUT2D eigenvalue weighted by molar-refractivity contribution is 0.340. The summed E-state index contributed by atoms with van der Waals surface area (Å²) in [5, 5.41) is 4.18. The molecule has 0 saturated heterocycles. The van der Waals surface area contributed by atoms with E-state index in [9.17, 15) is 8.42 Å². The molecular formula is C15H14Cl2N2O3S. The zero-order valence-electron chi connectivity index (χ0n) is 12.2. The molecule has 23 heavy (non-hydrogen) atoms. The molecule has 122 valence electrons. The Bertz CT molecular complexity index is 806. The summed E-state index contributed by atoms with van der Waals surface area (Å²) in [7, 11) is -3.80. The fourth-order valence-corrected chi connectivity index (χ4v) is 2.86. The number of benzene rings is 2. The van der Waals surface area contributed by atoms with Gasteiger partial charge in [-0.2, -0.15) is 13.5 Å². The Hall–Kier alpha value is -1.76. The van der Waals surface area contributed by atoms with Crippen LogP contribution in [0.2, 0.25) is 10.0 Å². The highest BCUT2D eigenvalue weighted by Gasteiger charge is 2.14. The van der Waals surface area contributed by atoms with Crippen LogP contribution in [0.3, 0.4) is 0 Å². The number of nitrogens with one attached hydrogen (secondary N) is 1. The number of nitrogens with zero attached hydrogens (tertiary/aromatic N) is 1. The van der Waals surface area contributed by atoms with Crippen LogP contribution in [0.5, 0.6) is 5.75 Å². The van der Waals surface area contributed by atoms with E-state index in [1.807, 2.05) is 6.92 Å². The number of ether oxygens (including phenoxy) is 1. The Morgan fingerprint density at radius 2 is 1.83 bits per heavy atom. The zero-order valence-corrected chi connectivity index (χ0v) is 14.5. The number of hydrazone groups is 1. The zero-order chi connectivity index (χ0) is 16.9. The van der Waals surface area contributed by atoms with E-state index in [0.29, 0.717) is 6.61 Å². The van der Waals surface area contributed by atoms with Crippen molar-refractivity contribution in [3.8, 4) is 5.75 Å². The smallest absolute Gasteiger partial charge is 0.276 e. The van der Waals surface area contributed by atoms with Crippen LogP contribution >= 0.6 is 23.2 Å². The highest BCUT2D eigenvalue weighted by atomic mass is 35.5. The lowest BCUT2D eigenvalue weighted by atomic mass is 10.2. The molecule has 0 aliphatic heterocycles. The second kappa shape index (κ2) is 7.68. The Kier molecular flexibility index (Phi) is 5.87. The molecule has 5 nitrogen and oxygen atoms in total. The van der Waals surface area contributed by atoms with Gasteiger partial charge in [0.05, 0.1) is 27.8 Å². The van der Waals surface area contributed by atoms with E-state index < -0.39 is 10.0 Å². The van der Waals surface area contributed by atoms with Gasteiger partial charge in [-0.05, 0) is 55.0 Å². The summed E-state index contributed by atoms with van der Waals surface area (Å²) >= 11 is 11.6. The number of rotatable bonds is 6. The second-order valence-corrected chi connectivity index (χ2v) is 6.91. The lowest BCUT2D eigenvalue weighted by Gasteiger charge is -2.05. The monoisotopic (exact) mass is 372 g/mol. The normalized spacial score (nSPS) is 11.6. The van der Waals surface area contributed by atoms with Crippen molar-refractivity contribution < 1.29 is 13.2 Å². The predicted octanol–water partition coefficient (Wildman–Crippen LogP) is 3.70. The molecule has 8 heteroatoms. The van der Waals surface area contributed by atoms with Gasteiger partial charge in [0, 0.05) is 0 Å². The average Bonchev–Trinajstić information content (AvgIpc) is 2.52. The lowest BCUT2D eigenvalue weighted by Crippen LogP contribution is -2.18. The molecule has 0 aliphatic carbocycles. The molecule has 0 aromatic heterocycles. The molecular weight excluding hydrogens is 359 g/mol. The van der Waals surface area contributed by atoms with Crippen molar-refractivity contribution in [1.29, 1.82) is 0 Å². The summed E-state index contributed by atoms with van der Waals surface area (Å²) in [4.78, 5) is 2.10. The molecule has 2 aromatic rings. The van der Waals surface area contributed by atoms with Crippen molar-refractivity contribution in [2.24, 2.45) is 5.10 Å². The molecule has 0 amide bonds. The first-order valence-corrected chi connectivity index (χ1v) is 8.89. The van der Waals surface area contributed by atoms with Gasteiger partial charge in [0.2, 0.25) is 0 Å². The molecule has 0 fully saturated rings. The van der Waals surface area contributed by atoms with Gasteiger partial charge in [0.15, 0.2) is 0 Å². The summed E-state index contributed by atoms with van der Waals surface area (Å²) < 4.78 is 29.5. The highest BCUT2D eigenvalue weighted by molar-refractivity contribution is 7.89. The average molecular weight is 373 g/mol. The van der Waals surface area contributed by atoms with Gasteiger partial charge in [-0.3, -0.25) is 0 Å². The third-order valence-corrected chi connectivity index (χ3v) is 4.74.